The molecule has 2 aromatic heterocycles. The Hall–Kier alpha value is -3.09. The number of aromatic amines is 1. The van der Waals surface area contributed by atoms with E-state index in [2.05, 4.69) is 9.97 Å². The average Bonchev–Trinajstić information content (AvgIpc) is 3.25. The molecule has 150 valence electrons. The van der Waals surface area contributed by atoms with Crippen LogP contribution in [0.5, 0.6) is 0 Å². The first-order valence-electron chi connectivity index (χ1n) is 10.1. The van der Waals surface area contributed by atoms with Crippen LogP contribution in [0.4, 0.5) is 4.79 Å². The molecule has 1 aliphatic carbocycles. The van der Waals surface area contributed by atoms with Crippen molar-refractivity contribution in [2.24, 2.45) is 0 Å². The standard InChI is InChI=1S/C22H24N4O3/c1-22(15-5-3-2-4-6-15)14-25(21(28)29-22)16-7-9-17(10-8-16)26-19-11-12-23-13-18(19)24-20(26)27/h2-6,11-13,16-17H,7-10,14H2,1H3,(H,24,27)/t16-,17-,22-/m1/s1. The van der Waals surface area contributed by atoms with Crippen molar-refractivity contribution in [3.05, 3.63) is 64.8 Å². The zero-order chi connectivity index (χ0) is 20.0. The summed E-state index contributed by atoms with van der Waals surface area (Å²) < 4.78 is 7.65. The van der Waals surface area contributed by atoms with E-state index >= 15 is 0 Å². The lowest BCUT2D eigenvalue weighted by molar-refractivity contribution is 0.0696. The number of ether oxygens (including phenoxy) is 1. The number of fused-ring (bicyclic) bond motifs is 1. The van der Waals surface area contributed by atoms with E-state index in [1.807, 2.05) is 52.8 Å². The molecule has 1 atom stereocenters. The van der Waals surface area contributed by atoms with Crippen LogP contribution in [-0.4, -0.2) is 38.1 Å². The van der Waals surface area contributed by atoms with E-state index in [-0.39, 0.29) is 23.9 Å². The van der Waals surface area contributed by atoms with Crippen molar-refractivity contribution in [2.75, 3.05) is 6.54 Å². The molecule has 0 radical (unpaired) electrons. The van der Waals surface area contributed by atoms with Crippen LogP contribution in [0.2, 0.25) is 0 Å². The Kier molecular flexibility index (Phi) is 4.19. The van der Waals surface area contributed by atoms with Crippen LogP contribution in [0.15, 0.2) is 53.6 Å². The summed E-state index contributed by atoms with van der Waals surface area (Å²) >= 11 is 0. The summed E-state index contributed by atoms with van der Waals surface area (Å²) in [5.41, 5.74) is 1.97. The van der Waals surface area contributed by atoms with E-state index < -0.39 is 5.60 Å². The topological polar surface area (TPSA) is 80.2 Å². The number of carbonyl (C=O) groups is 1. The maximum absolute atomic E-state index is 12.6. The Balaban J connectivity index is 1.31. The first-order valence-corrected chi connectivity index (χ1v) is 10.1. The number of pyridine rings is 1. The summed E-state index contributed by atoms with van der Waals surface area (Å²) in [6.07, 6.45) is 6.57. The highest BCUT2D eigenvalue weighted by Crippen LogP contribution is 2.38. The molecule has 1 aliphatic heterocycles. The molecule has 3 aromatic rings. The predicted molar refractivity (Wildman–Crippen MR) is 109 cm³/mol. The number of imidazole rings is 1. The molecule has 5 rings (SSSR count). The zero-order valence-corrected chi connectivity index (χ0v) is 16.4. The molecular formula is C22H24N4O3. The van der Waals surface area contributed by atoms with Gasteiger partial charge in [0, 0.05) is 18.3 Å². The van der Waals surface area contributed by atoms with Gasteiger partial charge in [0.05, 0.1) is 23.8 Å². The molecule has 3 heterocycles. The first-order chi connectivity index (χ1) is 14.0. The molecule has 2 fully saturated rings. The van der Waals surface area contributed by atoms with Gasteiger partial charge in [-0.15, -0.1) is 0 Å². The number of aromatic nitrogens is 3. The van der Waals surface area contributed by atoms with Gasteiger partial charge in [-0.2, -0.15) is 0 Å². The summed E-state index contributed by atoms with van der Waals surface area (Å²) in [4.78, 5) is 34.0. The maximum Gasteiger partial charge on any atom is 0.411 e. The van der Waals surface area contributed by atoms with Gasteiger partial charge in [-0.05, 0) is 44.2 Å². The van der Waals surface area contributed by atoms with Crippen LogP contribution < -0.4 is 5.69 Å². The minimum atomic E-state index is -0.615. The van der Waals surface area contributed by atoms with Crippen LogP contribution in [0.25, 0.3) is 11.0 Å². The van der Waals surface area contributed by atoms with Crippen molar-refractivity contribution >= 4 is 17.1 Å². The Morgan fingerprint density at radius 3 is 2.55 bits per heavy atom. The summed E-state index contributed by atoms with van der Waals surface area (Å²) in [7, 11) is 0. The minimum Gasteiger partial charge on any atom is -0.436 e. The molecule has 7 nitrogen and oxygen atoms in total. The molecule has 1 saturated heterocycles. The molecule has 0 spiro atoms. The van der Waals surface area contributed by atoms with Gasteiger partial charge in [-0.1, -0.05) is 30.3 Å². The zero-order valence-electron chi connectivity index (χ0n) is 16.4. The molecule has 1 aromatic carbocycles. The van der Waals surface area contributed by atoms with E-state index in [1.54, 1.807) is 12.4 Å². The van der Waals surface area contributed by atoms with Crippen molar-refractivity contribution in [3.8, 4) is 0 Å². The van der Waals surface area contributed by atoms with Crippen molar-refractivity contribution in [1.29, 1.82) is 0 Å². The number of nitrogens with one attached hydrogen (secondary N) is 1. The van der Waals surface area contributed by atoms with E-state index in [4.69, 9.17) is 4.74 Å². The lowest BCUT2D eigenvalue weighted by atomic mass is 9.89. The Morgan fingerprint density at radius 2 is 1.79 bits per heavy atom. The summed E-state index contributed by atoms with van der Waals surface area (Å²) in [5, 5.41) is 0. The number of amides is 1. The molecule has 0 bridgehead atoms. The number of carbonyl (C=O) groups excluding carboxylic acids is 1. The van der Waals surface area contributed by atoms with Crippen LogP contribution in [0, 0.1) is 0 Å². The highest BCUT2D eigenvalue weighted by atomic mass is 16.6. The van der Waals surface area contributed by atoms with E-state index in [0.717, 1.165) is 42.3 Å². The smallest absolute Gasteiger partial charge is 0.411 e. The first kappa shape index (κ1) is 18.0. The Morgan fingerprint density at radius 1 is 1.07 bits per heavy atom. The summed E-state index contributed by atoms with van der Waals surface area (Å²) in [6, 6.07) is 12.1. The van der Waals surface area contributed by atoms with Crippen molar-refractivity contribution in [1.82, 2.24) is 19.4 Å². The van der Waals surface area contributed by atoms with Gasteiger partial charge < -0.3 is 14.6 Å². The fourth-order valence-electron chi connectivity index (χ4n) is 4.86. The summed E-state index contributed by atoms with van der Waals surface area (Å²) in [6.45, 7) is 2.54. The lowest BCUT2D eigenvalue weighted by Gasteiger charge is -2.34. The van der Waals surface area contributed by atoms with Crippen molar-refractivity contribution in [3.63, 3.8) is 0 Å². The van der Waals surface area contributed by atoms with Crippen molar-refractivity contribution in [2.45, 2.75) is 50.3 Å². The lowest BCUT2D eigenvalue weighted by Crippen LogP contribution is -2.41. The minimum absolute atomic E-state index is 0.0892. The number of nitrogens with zero attached hydrogens (tertiary/aromatic N) is 3. The molecule has 1 saturated carbocycles. The fourth-order valence-corrected chi connectivity index (χ4v) is 4.86. The second kappa shape index (κ2) is 6.76. The van der Waals surface area contributed by atoms with E-state index in [1.165, 1.54) is 0 Å². The molecule has 1 amide bonds. The van der Waals surface area contributed by atoms with E-state index in [9.17, 15) is 9.59 Å². The normalized spacial score (nSPS) is 27.3. The monoisotopic (exact) mass is 392 g/mol. The maximum atomic E-state index is 12.6. The number of hydrogen-bond donors (Lipinski definition) is 1. The molecule has 1 N–H and O–H groups in total. The largest absolute Gasteiger partial charge is 0.436 e. The number of H-pyrrole nitrogens is 1. The van der Waals surface area contributed by atoms with Gasteiger partial charge in [-0.3, -0.25) is 9.55 Å². The third-order valence-electron chi connectivity index (χ3n) is 6.39. The molecule has 29 heavy (non-hydrogen) atoms. The third-order valence-corrected chi connectivity index (χ3v) is 6.39. The van der Waals surface area contributed by atoms with Gasteiger partial charge in [-0.25, -0.2) is 9.59 Å². The molecular weight excluding hydrogens is 368 g/mol. The van der Waals surface area contributed by atoms with Gasteiger partial charge in [0.25, 0.3) is 0 Å². The summed E-state index contributed by atoms with van der Waals surface area (Å²) in [5.74, 6) is 0. The number of hydrogen-bond acceptors (Lipinski definition) is 4. The highest BCUT2D eigenvalue weighted by molar-refractivity contribution is 5.74. The molecule has 7 heteroatoms. The third kappa shape index (κ3) is 3.01. The van der Waals surface area contributed by atoms with Crippen LogP contribution in [0.3, 0.4) is 0 Å². The Bertz CT molecular complexity index is 1100. The average molecular weight is 392 g/mol. The van der Waals surface area contributed by atoms with Crippen LogP contribution in [-0.2, 0) is 10.3 Å². The van der Waals surface area contributed by atoms with Gasteiger partial charge in [0.15, 0.2) is 5.60 Å². The second-order valence-corrected chi connectivity index (χ2v) is 8.25. The number of benzene rings is 1. The van der Waals surface area contributed by atoms with Gasteiger partial charge >= 0.3 is 11.8 Å². The number of cyclic esters (lactones) is 1. The van der Waals surface area contributed by atoms with Gasteiger partial charge in [0.2, 0.25) is 0 Å². The fraction of sp³-hybridized carbons (Fsp3) is 0.409. The Labute approximate surface area is 168 Å². The van der Waals surface area contributed by atoms with E-state index in [0.29, 0.717) is 6.54 Å². The SMILES string of the molecule is C[C@]1(c2ccccc2)CN([C@H]2CC[C@H](n3c(=O)[nH]c4cnccc43)CC2)C(=O)O1. The second-order valence-electron chi connectivity index (χ2n) is 8.25. The van der Waals surface area contributed by atoms with Crippen LogP contribution in [0.1, 0.15) is 44.2 Å². The quantitative estimate of drug-likeness (QED) is 0.739. The highest BCUT2D eigenvalue weighted by Gasteiger charge is 2.46. The van der Waals surface area contributed by atoms with Crippen molar-refractivity contribution < 1.29 is 9.53 Å². The van der Waals surface area contributed by atoms with Crippen LogP contribution >= 0.6 is 0 Å². The number of rotatable bonds is 3. The molecule has 0 unspecified atom stereocenters. The predicted octanol–water partition coefficient (Wildman–Crippen LogP) is 3.58. The van der Waals surface area contributed by atoms with Gasteiger partial charge in [0.1, 0.15) is 0 Å². The molecule has 2 aliphatic rings.